The van der Waals surface area contributed by atoms with Gasteiger partial charge in [0.25, 0.3) is 5.91 Å². The van der Waals surface area contributed by atoms with Gasteiger partial charge in [0.05, 0.1) is 0 Å². The number of rotatable bonds is 2. The molecule has 0 saturated carbocycles. The van der Waals surface area contributed by atoms with Crippen molar-refractivity contribution in [2.45, 2.75) is 27.2 Å². The minimum atomic E-state index is -0.552. The Hall–Kier alpha value is -1.32. The molecular formula is C9H14N2O2. The van der Waals surface area contributed by atoms with Gasteiger partial charge in [-0.3, -0.25) is 4.79 Å². The van der Waals surface area contributed by atoms with Crippen molar-refractivity contribution in [1.82, 2.24) is 5.16 Å². The topological polar surface area (TPSA) is 69.1 Å². The molecule has 0 saturated heterocycles. The first-order valence-electron chi connectivity index (χ1n) is 4.14. The van der Waals surface area contributed by atoms with E-state index >= 15 is 0 Å². The van der Waals surface area contributed by atoms with Gasteiger partial charge in [0.2, 0.25) is 0 Å². The fourth-order valence-corrected chi connectivity index (χ4v) is 1.04. The number of primary amides is 1. The highest BCUT2D eigenvalue weighted by molar-refractivity contribution is 5.90. The zero-order valence-electron chi connectivity index (χ0n) is 8.13. The molecule has 0 fully saturated rings. The summed E-state index contributed by atoms with van der Waals surface area (Å²) in [4.78, 5) is 10.7. The molecule has 0 spiro atoms. The van der Waals surface area contributed by atoms with Crippen molar-refractivity contribution >= 4 is 5.91 Å². The summed E-state index contributed by atoms with van der Waals surface area (Å²) in [5, 5.41) is 3.55. The summed E-state index contributed by atoms with van der Waals surface area (Å²) in [5.74, 6) is 0.144. The van der Waals surface area contributed by atoms with Crippen molar-refractivity contribution in [2.24, 2.45) is 11.1 Å². The maximum atomic E-state index is 10.7. The van der Waals surface area contributed by atoms with Gasteiger partial charge in [-0.15, -0.1) is 0 Å². The van der Waals surface area contributed by atoms with Gasteiger partial charge < -0.3 is 10.3 Å². The van der Waals surface area contributed by atoms with Gasteiger partial charge in [0.15, 0.2) is 5.69 Å². The lowest BCUT2D eigenvalue weighted by Gasteiger charge is -2.14. The molecule has 4 nitrogen and oxygen atoms in total. The van der Waals surface area contributed by atoms with Gasteiger partial charge in [0.1, 0.15) is 5.76 Å². The minimum Gasteiger partial charge on any atom is -0.364 e. The number of nitrogens with two attached hydrogens (primary N) is 1. The normalized spacial score (nSPS) is 11.6. The van der Waals surface area contributed by atoms with Gasteiger partial charge in [0, 0.05) is 12.5 Å². The molecule has 0 atom stereocenters. The number of carbonyl (C=O) groups is 1. The van der Waals surface area contributed by atoms with Crippen LogP contribution in [0.4, 0.5) is 0 Å². The third-order valence-corrected chi connectivity index (χ3v) is 1.52. The molecule has 1 aromatic rings. The molecule has 2 N–H and O–H groups in total. The highest BCUT2D eigenvalue weighted by Crippen LogP contribution is 2.20. The van der Waals surface area contributed by atoms with Gasteiger partial charge in [-0.05, 0) is 5.41 Å². The Kier molecular flexibility index (Phi) is 2.40. The largest absolute Gasteiger partial charge is 0.364 e. The average Bonchev–Trinajstić information content (AvgIpc) is 2.31. The van der Waals surface area contributed by atoms with Gasteiger partial charge >= 0.3 is 0 Å². The van der Waals surface area contributed by atoms with E-state index < -0.39 is 5.91 Å². The molecule has 0 aromatic carbocycles. The predicted molar refractivity (Wildman–Crippen MR) is 48.2 cm³/mol. The van der Waals surface area contributed by atoms with E-state index in [4.69, 9.17) is 10.3 Å². The minimum absolute atomic E-state index is 0.119. The zero-order valence-corrected chi connectivity index (χ0v) is 8.13. The Balaban J connectivity index is 2.75. The van der Waals surface area contributed by atoms with E-state index in [1.807, 2.05) is 0 Å². The van der Waals surface area contributed by atoms with Crippen molar-refractivity contribution in [3.8, 4) is 0 Å². The van der Waals surface area contributed by atoms with E-state index in [9.17, 15) is 4.79 Å². The van der Waals surface area contributed by atoms with Crippen LogP contribution in [-0.4, -0.2) is 11.1 Å². The predicted octanol–water partition coefficient (Wildman–Crippen LogP) is 1.36. The number of hydrogen-bond donors (Lipinski definition) is 1. The van der Waals surface area contributed by atoms with Crippen molar-refractivity contribution < 1.29 is 9.32 Å². The second-order valence-corrected chi connectivity index (χ2v) is 4.28. The monoisotopic (exact) mass is 182 g/mol. The van der Waals surface area contributed by atoms with Crippen molar-refractivity contribution in [1.29, 1.82) is 0 Å². The van der Waals surface area contributed by atoms with E-state index in [1.165, 1.54) is 0 Å². The molecule has 0 bridgehead atoms. The standard InChI is InChI=1S/C9H14N2O2/c1-9(2,3)5-6-4-7(8(10)12)11-13-6/h4H,5H2,1-3H3,(H2,10,12). The summed E-state index contributed by atoms with van der Waals surface area (Å²) in [6, 6.07) is 1.59. The third kappa shape index (κ3) is 2.89. The van der Waals surface area contributed by atoms with Crippen LogP contribution in [-0.2, 0) is 6.42 Å². The van der Waals surface area contributed by atoms with E-state index in [2.05, 4.69) is 25.9 Å². The molecule has 4 heteroatoms. The first kappa shape index (κ1) is 9.77. The van der Waals surface area contributed by atoms with Crippen LogP contribution in [0.15, 0.2) is 10.6 Å². The fourth-order valence-electron chi connectivity index (χ4n) is 1.04. The highest BCUT2D eigenvalue weighted by Gasteiger charge is 2.16. The Labute approximate surface area is 77.1 Å². The van der Waals surface area contributed by atoms with E-state index in [1.54, 1.807) is 6.07 Å². The van der Waals surface area contributed by atoms with Gasteiger partial charge in [-0.25, -0.2) is 0 Å². The highest BCUT2D eigenvalue weighted by atomic mass is 16.5. The third-order valence-electron chi connectivity index (χ3n) is 1.52. The molecule has 0 aliphatic heterocycles. The molecule has 1 amide bonds. The number of nitrogens with zero attached hydrogens (tertiary/aromatic N) is 1. The van der Waals surface area contributed by atoms with Crippen LogP contribution >= 0.6 is 0 Å². The Morgan fingerprint density at radius 3 is 2.62 bits per heavy atom. The van der Waals surface area contributed by atoms with Crippen molar-refractivity contribution in [2.75, 3.05) is 0 Å². The molecule has 1 rings (SSSR count). The van der Waals surface area contributed by atoms with Gasteiger partial charge in [-0.1, -0.05) is 25.9 Å². The molecule has 72 valence electrons. The van der Waals surface area contributed by atoms with Crippen LogP contribution in [0, 0.1) is 5.41 Å². The quantitative estimate of drug-likeness (QED) is 0.750. The van der Waals surface area contributed by atoms with Gasteiger partial charge in [-0.2, -0.15) is 0 Å². The van der Waals surface area contributed by atoms with Crippen molar-refractivity contribution in [3.63, 3.8) is 0 Å². The molecule has 1 aromatic heterocycles. The first-order valence-corrected chi connectivity index (χ1v) is 4.14. The summed E-state index contributed by atoms with van der Waals surface area (Å²) in [6.07, 6.45) is 0.743. The molecule has 0 unspecified atom stereocenters. The summed E-state index contributed by atoms with van der Waals surface area (Å²) >= 11 is 0. The molecule has 0 aliphatic rings. The van der Waals surface area contributed by atoms with Crippen LogP contribution in [0.25, 0.3) is 0 Å². The van der Waals surface area contributed by atoms with Crippen LogP contribution in [0.5, 0.6) is 0 Å². The summed E-state index contributed by atoms with van der Waals surface area (Å²) < 4.78 is 4.95. The second-order valence-electron chi connectivity index (χ2n) is 4.28. The number of carbonyl (C=O) groups excluding carboxylic acids is 1. The molecule has 1 heterocycles. The van der Waals surface area contributed by atoms with E-state index in [0.717, 1.165) is 6.42 Å². The maximum absolute atomic E-state index is 10.7. The molecule has 0 radical (unpaired) electrons. The first-order chi connectivity index (χ1) is 5.88. The maximum Gasteiger partial charge on any atom is 0.270 e. The number of amides is 1. The average molecular weight is 182 g/mol. The van der Waals surface area contributed by atoms with Crippen LogP contribution in [0.3, 0.4) is 0 Å². The SMILES string of the molecule is CC(C)(C)Cc1cc(C(N)=O)no1. The zero-order chi connectivity index (χ0) is 10.1. The lowest BCUT2D eigenvalue weighted by Crippen LogP contribution is -2.11. The van der Waals surface area contributed by atoms with E-state index in [-0.39, 0.29) is 11.1 Å². The Bertz CT molecular complexity index is 310. The lowest BCUT2D eigenvalue weighted by atomic mass is 9.91. The summed E-state index contributed by atoms with van der Waals surface area (Å²) in [6.45, 7) is 6.25. The van der Waals surface area contributed by atoms with Crippen LogP contribution in [0.1, 0.15) is 37.0 Å². The summed E-state index contributed by atoms with van der Waals surface area (Å²) in [5.41, 5.74) is 5.34. The molecular weight excluding hydrogens is 168 g/mol. The van der Waals surface area contributed by atoms with Crippen molar-refractivity contribution in [3.05, 3.63) is 17.5 Å². The van der Waals surface area contributed by atoms with Crippen LogP contribution in [0.2, 0.25) is 0 Å². The number of hydrogen-bond acceptors (Lipinski definition) is 3. The second kappa shape index (κ2) is 3.20. The Morgan fingerprint density at radius 2 is 2.23 bits per heavy atom. The Morgan fingerprint density at radius 1 is 1.62 bits per heavy atom. The van der Waals surface area contributed by atoms with E-state index in [0.29, 0.717) is 5.76 Å². The van der Waals surface area contributed by atoms with Crippen LogP contribution < -0.4 is 5.73 Å². The molecule has 13 heavy (non-hydrogen) atoms. The summed E-state index contributed by atoms with van der Waals surface area (Å²) in [7, 11) is 0. The number of aromatic nitrogens is 1. The smallest absolute Gasteiger partial charge is 0.270 e. The fraction of sp³-hybridized carbons (Fsp3) is 0.556. The molecule has 0 aliphatic carbocycles. The lowest BCUT2D eigenvalue weighted by molar-refractivity contribution is 0.0991.